The van der Waals surface area contributed by atoms with Gasteiger partial charge in [0.25, 0.3) is 5.56 Å². The van der Waals surface area contributed by atoms with Gasteiger partial charge in [0.15, 0.2) is 5.16 Å². The number of hydrogen-bond acceptors (Lipinski definition) is 6. The van der Waals surface area contributed by atoms with Gasteiger partial charge in [-0.25, -0.2) is 4.98 Å². The Morgan fingerprint density at radius 3 is 2.73 bits per heavy atom. The smallest absolute Gasteiger partial charge is 0.267 e. The van der Waals surface area contributed by atoms with Crippen molar-refractivity contribution >= 4 is 39.2 Å². The van der Waals surface area contributed by atoms with Gasteiger partial charge in [0, 0.05) is 4.88 Å². The number of thioether (sulfide) groups is 1. The Morgan fingerprint density at radius 2 is 2.03 bits per heavy atom. The van der Waals surface area contributed by atoms with Crippen molar-refractivity contribution in [2.24, 2.45) is 5.92 Å². The van der Waals surface area contributed by atoms with Crippen LogP contribution in [0.25, 0.3) is 15.9 Å². The van der Waals surface area contributed by atoms with Crippen LogP contribution in [0.1, 0.15) is 48.6 Å². The molecule has 33 heavy (non-hydrogen) atoms. The maximum absolute atomic E-state index is 13.8. The number of benzene rings is 1. The highest BCUT2D eigenvalue weighted by atomic mass is 32.2. The molecule has 2 aliphatic carbocycles. The summed E-state index contributed by atoms with van der Waals surface area (Å²) in [4.78, 5) is 33.4. The summed E-state index contributed by atoms with van der Waals surface area (Å²) in [5.41, 5.74) is 2.11. The first-order valence-corrected chi connectivity index (χ1v) is 13.2. The lowest BCUT2D eigenvalue weighted by molar-refractivity contribution is -0.119. The number of amides is 1. The third-order valence-corrected chi connectivity index (χ3v) is 8.73. The summed E-state index contributed by atoms with van der Waals surface area (Å²) >= 11 is 2.86. The molecule has 5 rings (SSSR count). The summed E-state index contributed by atoms with van der Waals surface area (Å²) < 4.78 is 1.64. The van der Waals surface area contributed by atoms with Crippen LogP contribution in [0, 0.1) is 24.2 Å². The molecule has 3 aromatic rings. The van der Waals surface area contributed by atoms with Gasteiger partial charge in [-0.1, -0.05) is 29.5 Å². The minimum atomic E-state index is -0.835. The van der Waals surface area contributed by atoms with Crippen LogP contribution >= 0.6 is 23.1 Å². The maximum Gasteiger partial charge on any atom is 0.267 e. The summed E-state index contributed by atoms with van der Waals surface area (Å²) in [5, 5.41) is 13.7. The molecular formula is C25H26N4O2S2. The summed E-state index contributed by atoms with van der Waals surface area (Å²) in [7, 11) is 0. The van der Waals surface area contributed by atoms with Crippen LogP contribution in [-0.2, 0) is 17.6 Å². The van der Waals surface area contributed by atoms with E-state index in [1.807, 2.05) is 31.2 Å². The van der Waals surface area contributed by atoms with Crippen molar-refractivity contribution in [2.45, 2.75) is 63.1 Å². The molecule has 1 saturated carbocycles. The second-order valence-electron chi connectivity index (χ2n) is 9.19. The molecule has 1 fully saturated rings. The van der Waals surface area contributed by atoms with Gasteiger partial charge in [0.2, 0.25) is 5.91 Å². The van der Waals surface area contributed by atoms with Gasteiger partial charge in [0.05, 0.1) is 22.9 Å². The number of nitriles is 1. The van der Waals surface area contributed by atoms with Gasteiger partial charge in [-0.15, -0.1) is 11.3 Å². The fourth-order valence-electron chi connectivity index (χ4n) is 4.54. The van der Waals surface area contributed by atoms with Gasteiger partial charge in [-0.3, -0.25) is 14.2 Å². The van der Waals surface area contributed by atoms with E-state index in [0.29, 0.717) is 5.16 Å². The second kappa shape index (κ2) is 8.62. The lowest BCUT2D eigenvalue weighted by atomic mass is 9.97. The standard InChI is InChI=1S/C25H26N4O2S2/c1-15-7-11-17(12-8-15)29-23(31)21-18-5-3-4-6-19(18)33-22(21)27-24(29)32-13-20(30)28-25(2,14-26)16-9-10-16/h7-8,11-12,16H,3-6,9-10,13H2,1-2H3,(H,28,30)/t25-/m0/s1. The molecule has 1 aromatic carbocycles. The van der Waals surface area contributed by atoms with E-state index in [9.17, 15) is 14.9 Å². The third kappa shape index (κ3) is 4.20. The molecule has 0 unspecified atom stereocenters. The van der Waals surface area contributed by atoms with Crippen molar-refractivity contribution in [1.29, 1.82) is 5.26 Å². The number of hydrogen-bond donors (Lipinski definition) is 1. The number of nitrogens with zero attached hydrogens (tertiary/aromatic N) is 3. The molecule has 2 aromatic heterocycles. The number of rotatable bonds is 6. The van der Waals surface area contributed by atoms with Crippen molar-refractivity contribution < 1.29 is 4.79 Å². The average Bonchev–Trinajstić information content (AvgIpc) is 3.60. The Labute approximate surface area is 201 Å². The summed E-state index contributed by atoms with van der Waals surface area (Å²) in [6.07, 6.45) is 6.09. The summed E-state index contributed by atoms with van der Waals surface area (Å²) in [5.74, 6) is 0.0964. The normalized spacial score (nSPS) is 17.2. The minimum absolute atomic E-state index is 0.0639. The number of fused-ring (bicyclic) bond motifs is 3. The lowest BCUT2D eigenvalue weighted by Gasteiger charge is -2.22. The van der Waals surface area contributed by atoms with Gasteiger partial charge in [-0.05, 0) is 76.0 Å². The van der Waals surface area contributed by atoms with E-state index in [1.54, 1.807) is 22.8 Å². The van der Waals surface area contributed by atoms with E-state index in [0.717, 1.165) is 65.6 Å². The molecule has 1 atom stereocenters. The van der Waals surface area contributed by atoms with Crippen molar-refractivity contribution in [3.05, 3.63) is 50.6 Å². The van der Waals surface area contributed by atoms with Crippen molar-refractivity contribution in [2.75, 3.05) is 5.75 Å². The van der Waals surface area contributed by atoms with Crippen LogP contribution in [0.2, 0.25) is 0 Å². The molecule has 1 amide bonds. The Bertz CT molecular complexity index is 1330. The second-order valence-corrected chi connectivity index (χ2v) is 11.2. The third-order valence-electron chi connectivity index (χ3n) is 6.61. The zero-order valence-corrected chi connectivity index (χ0v) is 20.4. The first kappa shape index (κ1) is 22.2. The van der Waals surface area contributed by atoms with Gasteiger partial charge in [0.1, 0.15) is 10.4 Å². The molecule has 0 spiro atoms. The van der Waals surface area contributed by atoms with Crippen molar-refractivity contribution in [3.63, 3.8) is 0 Å². The highest BCUT2D eigenvalue weighted by Gasteiger charge is 2.43. The molecule has 0 radical (unpaired) electrons. The highest BCUT2D eigenvalue weighted by molar-refractivity contribution is 7.99. The predicted molar refractivity (Wildman–Crippen MR) is 132 cm³/mol. The minimum Gasteiger partial charge on any atom is -0.337 e. The predicted octanol–water partition coefficient (Wildman–Crippen LogP) is 4.54. The fraction of sp³-hybridized carbons (Fsp3) is 0.440. The molecule has 170 valence electrons. The zero-order valence-electron chi connectivity index (χ0n) is 18.8. The van der Waals surface area contributed by atoms with Gasteiger partial charge in [-0.2, -0.15) is 5.26 Å². The van der Waals surface area contributed by atoms with Crippen LogP contribution in [0.3, 0.4) is 0 Å². The molecule has 6 nitrogen and oxygen atoms in total. The van der Waals surface area contributed by atoms with E-state index in [2.05, 4.69) is 11.4 Å². The summed E-state index contributed by atoms with van der Waals surface area (Å²) in [6, 6.07) is 10.1. The molecule has 1 N–H and O–H groups in total. The van der Waals surface area contributed by atoms with Crippen LogP contribution in [-0.4, -0.2) is 26.8 Å². The quantitative estimate of drug-likeness (QED) is 0.415. The molecule has 8 heteroatoms. The van der Waals surface area contributed by atoms with Crippen LogP contribution < -0.4 is 10.9 Å². The molecule has 2 heterocycles. The van der Waals surface area contributed by atoms with E-state index < -0.39 is 5.54 Å². The number of carbonyl (C=O) groups is 1. The lowest BCUT2D eigenvalue weighted by Crippen LogP contribution is -2.47. The largest absolute Gasteiger partial charge is 0.337 e. The van der Waals surface area contributed by atoms with Gasteiger partial charge >= 0.3 is 0 Å². The van der Waals surface area contributed by atoms with E-state index in [1.165, 1.54) is 16.6 Å². The number of thiophene rings is 1. The molecule has 0 saturated heterocycles. The number of aryl methyl sites for hydroxylation is 3. The Hall–Kier alpha value is -2.63. The average molecular weight is 479 g/mol. The first-order chi connectivity index (χ1) is 15.9. The summed E-state index contributed by atoms with van der Waals surface area (Å²) in [6.45, 7) is 3.80. The number of aromatic nitrogens is 2. The molecule has 0 aliphatic heterocycles. The van der Waals surface area contributed by atoms with Crippen LogP contribution in [0.15, 0.2) is 34.2 Å². The topological polar surface area (TPSA) is 87.8 Å². The maximum atomic E-state index is 13.8. The van der Waals surface area contributed by atoms with Crippen LogP contribution in [0.4, 0.5) is 0 Å². The zero-order chi connectivity index (χ0) is 23.2. The molecule has 0 bridgehead atoms. The van der Waals surface area contributed by atoms with Crippen molar-refractivity contribution in [1.82, 2.24) is 14.9 Å². The first-order valence-electron chi connectivity index (χ1n) is 11.4. The van der Waals surface area contributed by atoms with Crippen LogP contribution in [0.5, 0.6) is 0 Å². The monoisotopic (exact) mass is 478 g/mol. The van der Waals surface area contributed by atoms with E-state index in [4.69, 9.17) is 4.98 Å². The highest BCUT2D eigenvalue weighted by Crippen LogP contribution is 2.39. The van der Waals surface area contributed by atoms with E-state index >= 15 is 0 Å². The Kier molecular flexibility index (Phi) is 5.79. The van der Waals surface area contributed by atoms with Gasteiger partial charge < -0.3 is 5.32 Å². The SMILES string of the molecule is Cc1ccc(-n2c(SCC(=O)N[C@@](C)(C#N)C3CC3)nc3sc4c(c3c2=O)CCCC4)cc1. The number of carbonyl (C=O) groups excluding carboxylic acids is 1. The Morgan fingerprint density at radius 1 is 1.30 bits per heavy atom. The fourth-order valence-corrected chi connectivity index (χ4v) is 6.66. The van der Waals surface area contributed by atoms with E-state index in [-0.39, 0.29) is 23.1 Å². The van der Waals surface area contributed by atoms with Crippen molar-refractivity contribution in [3.8, 4) is 11.8 Å². The number of nitrogens with one attached hydrogen (secondary N) is 1. The molecular weight excluding hydrogens is 452 g/mol. The Balaban J connectivity index is 1.52. The molecule has 2 aliphatic rings.